The lowest BCUT2D eigenvalue weighted by Crippen LogP contribution is -2.35. The van der Waals surface area contributed by atoms with E-state index in [1.54, 1.807) is 30.1 Å². The van der Waals surface area contributed by atoms with E-state index >= 15 is 0 Å². The van der Waals surface area contributed by atoms with E-state index < -0.39 is 0 Å². The fraction of sp³-hybridized carbons (Fsp3) is 0.357. The van der Waals surface area contributed by atoms with E-state index in [0.717, 1.165) is 5.69 Å². The molecule has 0 fully saturated rings. The van der Waals surface area contributed by atoms with Gasteiger partial charge in [-0.15, -0.1) is 0 Å². The number of nitrogens with one attached hydrogen (secondary N) is 2. The molecule has 2 N–H and O–H groups in total. The molecule has 0 aromatic carbocycles. The van der Waals surface area contributed by atoms with E-state index in [9.17, 15) is 4.79 Å². The number of carbonyl (C=O) groups excluding carboxylic acids is 1. The predicted molar refractivity (Wildman–Crippen MR) is 77.7 cm³/mol. The van der Waals surface area contributed by atoms with Gasteiger partial charge in [0.05, 0.1) is 6.54 Å². The van der Waals surface area contributed by atoms with Crippen molar-refractivity contribution in [2.75, 3.05) is 12.4 Å². The summed E-state index contributed by atoms with van der Waals surface area (Å²) >= 11 is 0. The number of aryl methyl sites for hydroxylation is 1. The summed E-state index contributed by atoms with van der Waals surface area (Å²) in [5.74, 6) is 0.585. The summed E-state index contributed by atoms with van der Waals surface area (Å²) in [6, 6.07) is 5.37. The normalized spacial score (nSPS) is 11.9. The van der Waals surface area contributed by atoms with Crippen molar-refractivity contribution in [2.24, 2.45) is 0 Å². The highest BCUT2D eigenvalue weighted by Gasteiger charge is 2.12. The van der Waals surface area contributed by atoms with Gasteiger partial charge in [0.25, 0.3) is 5.91 Å². The van der Waals surface area contributed by atoms with Gasteiger partial charge >= 0.3 is 0 Å². The number of pyridine rings is 1. The molecule has 0 saturated carbocycles. The number of anilines is 1. The standard InChI is InChI=1S/C14H19N5O/c1-10-7-12(8-13(15-3)17-10)14(20)18-11(2)9-19-6-4-5-16-19/h4-8,11H,9H2,1-3H3,(H,15,17)(H,18,20). The monoisotopic (exact) mass is 273 g/mol. The van der Waals surface area contributed by atoms with E-state index in [0.29, 0.717) is 17.9 Å². The molecule has 2 aromatic heterocycles. The van der Waals surface area contributed by atoms with Gasteiger partial charge in [-0.1, -0.05) is 0 Å². The lowest BCUT2D eigenvalue weighted by atomic mass is 10.2. The smallest absolute Gasteiger partial charge is 0.251 e. The minimum atomic E-state index is -0.105. The maximum Gasteiger partial charge on any atom is 0.251 e. The van der Waals surface area contributed by atoms with Crippen LogP contribution in [0.15, 0.2) is 30.6 Å². The Labute approximate surface area is 118 Å². The number of aromatic nitrogens is 3. The summed E-state index contributed by atoms with van der Waals surface area (Å²) in [4.78, 5) is 16.5. The molecule has 106 valence electrons. The number of hydrogen-bond acceptors (Lipinski definition) is 4. The summed E-state index contributed by atoms with van der Waals surface area (Å²) in [5.41, 5.74) is 1.41. The van der Waals surface area contributed by atoms with E-state index in [1.807, 2.05) is 26.1 Å². The number of amides is 1. The average molecular weight is 273 g/mol. The first-order valence-corrected chi connectivity index (χ1v) is 6.53. The molecule has 0 aliphatic carbocycles. The summed E-state index contributed by atoms with van der Waals surface area (Å²) in [7, 11) is 1.78. The zero-order valence-corrected chi connectivity index (χ0v) is 11.9. The number of carbonyl (C=O) groups is 1. The molecule has 6 nitrogen and oxygen atoms in total. The van der Waals surface area contributed by atoms with Gasteiger partial charge in [-0.3, -0.25) is 9.48 Å². The topological polar surface area (TPSA) is 71.8 Å². The molecule has 0 spiro atoms. The van der Waals surface area contributed by atoms with Crippen molar-refractivity contribution in [3.05, 3.63) is 41.9 Å². The average Bonchev–Trinajstić information content (AvgIpc) is 2.90. The Morgan fingerprint density at radius 1 is 1.45 bits per heavy atom. The molecule has 0 bridgehead atoms. The number of nitrogens with zero attached hydrogens (tertiary/aromatic N) is 3. The largest absolute Gasteiger partial charge is 0.373 e. The second-order valence-corrected chi connectivity index (χ2v) is 4.74. The Morgan fingerprint density at radius 3 is 2.90 bits per heavy atom. The molecule has 2 heterocycles. The van der Waals surface area contributed by atoms with Crippen molar-refractivity contribution in [1.29, 1.82) is 0 Å². The molecule has 2 rings (SSSR count). The molecule has 20 heavy (non-hydrogen) atoms. The molecular weight excluding hydrogens is 254 g/mol. The van der Waals surface area contributed by atoms with Crippen LogP contribution in [0.5, 0.6) is 0 Å². The Hall–Kier alpha value is -2.37. The first-order valence-electron chi connectivity index (χ1n) is 6.53. The third kappa shape index (κ3) is 3.57. The highest BCUT2D eigenvalue weighted by Crippen LogP contribution is 2.09. The van der Waals surface area contributed by atoms with Crippen molar-refractivity contribution in [1.82, 2.24) is 20.1 Å². The second kappa shape index (κ2) is 6.18. The Bertz CT molecular complexity index is 579. The van der Waals surface area contributed by atoms with Crippen molar-refractivity contribution in [3.63, 3.8) is 0 Å². The minimum Gasteiger partial charge on any atom is -0.373 e. The zero-order valence-electron chi connectivity index (χ0n) is 11.9. The van der Waals surface area contributed by atoms with Crippen molar-refractivity contribution >= 4 is 11.7 Å². The van der Waals surface area contributed by atoms with Crippen molar-refractivity contribution < 1.29 is 4.79 Å². The third-order valence-corrected chi connectivity index (χ3v) is 2.87. The van der Waals surface area contributed by atoms with Crippen LogP contribution < -0.4 is 10.6 Å². The van der Waals surface area contributed by atoms with Gasteiger partial charge in [-0.05, 0) is 32.0 Å². The lowest BCUT2D eigenvalue weighted by Gasteiger charge is -2.14. The van der Waals surface area contributed by atoms with Gasteiger partial charge in [0, 0.05) is 36.7 Å². The van der Waals surface area contributed by atoms with E-state index in [2.05, 4.69) is 20.7 Å². The minimum absolute atomic E-state index is 0.00564. The van der Waals surface area contributed by atoms with Crippen LogP contribution in [0, 0.1) is 6.92 Å². The molecule has 0 aliphatic heterocycles. The summed E-state index contributed by atoms with van der Waals surface area (Å²) in [6.45, 7) is 4.46. The molecule has 1 atom stereocenters. The molecule has 0 radical (unpaired) electrons. The van der Waals surface area contributed by atoms with E-state index in [-0.39, 0.29) is 11.9 Å². The summed E-state index contributed by atoms with van der Waals surface area (Å²) in [6.07, 6.45) is 3.60. The Balaban J connectivity index is 2.02. The van der Waals surface area contributed by atoms with Gasteiger partial charge in [0.2, 0.25) is 0 Å². The molecule has 1 unspecified atom stereocenters. The van der Waals surface area contributed by atoms with Crippen LogP contribution in [0.2, 0.25) is 0 Å². The third-order valence-electron chi connectivity index (χ3n) is 2.87. The fourth-order valence-electron chi connectivity index (χ4n) is 1.97. The SMILES string of the molecule is CNc1cc(C(=O)NC(C)Cn2cccn2)cc(C)n1. The van der Waals surface area contributed by atoms with E-state index in [1.165, 1.54) is 0 Å². The van der Waals surface area contributed by atoms with E-state index in [4.69, 9.17) is 0 Å². The van der Waals surface area contributed by atoms with Crippen molar-refractivity contribution in [2.45, 2.75) is 26.4 Å². The summed E-state index contributed by atoms with van der Waals surface area (Å²) in [5, 5.41) is 10.0. The van der Waals surface area contributed by atoms with Crippen LogP contribution in [0.4, 0.5) is 5.82 Å². The van der Waals surface area contributed by atoms with Gasteiger partial charge in [0.15, 0.2) is 0 Å². The lowest BCUT2D eigenvalue weighted by molar-refractivity contribution is 0.0936. The van der Waals surface area contributed by atoms with Crippen LogP contribution in [0.25, 0.3) is 0 Å². The van der Waals surface area contributed by atoms with Crippen LogP contribution >= 0.6 is 0 Å². The highest BCUT2D eigenvalue weighted by atomic mass is 16.1. The van der Waals surface area contributed by atoms with Crippen LogP contribution in [0.1, 0.15) is 23.0 Å². The van der Waals surface area contributed by atoms with Crippen LogP contribution in [-0.2, 0) is 6.54 Å². The Kier molecular flexibility index (Phi) is 4.34. The first kappa shape index (κ1) is 14.0. The maximum atomic E-state index is 12.2. The van der Waals surface area contributed by atoms with Gasteiger partial charge in [-0.25, -0.2) is 4.98 Å². The molecule has 0 aliphatic rings. The van der Waals surface area contributed by atoms with Gasteiger partial charge < -0.3 is 10.6 Å². The molecule has 0 saturated heterocycles. The van der Waals surface area contributed by atoms with Gasteiger partial charge in [0.1, 0.15) is 5.82 Å². The number of hydrogen-bond donors (Lipinski definition) is 2. The fourth-order valence-corrected chi connectivity index (χ4v) is 1.97. The molecule has 1 amide bonds. The number of rotatable bonds is 5. The molecule has 2 aromatic rings. The zero-order chi connectivity index (χ0) is 14.5. The Morgan fingerprint density at radius 2 is 2.25 bits per heavy atom. The predicted octanol–water partition coefficient (Wildman–Crippen LogP) is 1.45. The molecular formula is C14H19N5O. The van der Waals surface area contributed by atoms with Crippen molar-refractivity contribution in [3.8, 4) is 0 Å². The van der Waals surface area contributed by atoms with Gasteiger partial charge in [-0.2, -0.15) is 5.10 Å². The second-order valence-electron chi connectivity index (χ2n) is 4.74. The first-order chi connectivity index (χ1) is 9.58. The maximum absolute atomic E-state index is 12.2. The quantitative estimate of drug-likeness (QED) is 0.865. The molecule has 6 heteroatoms. The van der Waals surface area contributed by atoms with Crippen LogP contribution in [0.3, 0.4) is 0 Å². The summed E-state index contributed by atoms with van der Waals surface area (Å²) < 4.78 is 1.79. The van der Waals surface area contributed by atoms with Crippen LogP contribution in [-0.4, -0.2) is 33.8 Å². The highest BCUT2D eigenvalue weighted by molar-refractivity contribution is 5.95.